The van der Waals surface area contributed by atoms with Crippen LogP contribution in [-0.2, 0) is 18.3 Å². The first kappa shape index (κ1) is 19.7. The monoisotopic (exact) mass is 394 g/mol. The van der Waals surface area contributed by atoms with Crippen LogP contribution in [0.2, 0.25) is 0 Å². The molecule has 1 atom stereocenters. The van der Waals surface area contributed by atoms with Gasteiger partial charge in [0.15, 0.2) is 0 Å². The van der Waals surface area contributed by atoms with Gasteiger partial charge in [0.2, 0.25) is 0 Å². The van der Waals surface area contributed by atoms with Gasteiger partial charge in [0.05, 0.1) is 6.20 Å². The number of carbonyl (C=O) groups excluding carboxylic acids is 1. The Morgan fingerprint density at radius 2 is 2.03 bits per heavy atom. The first-order chi connectivity index (χ1) is 13.8. The minimum Gasteiger partial charge on any atom is -0.299 e. The van der Waals surface area contributed by atoms with E-state index in [0.29, 0.717) is 19.5 Å². The lowest BCUT2D eigenvalue weighted by molar-refractivity contribution is -0.121. The van der Waals surface area contributed by atoms with Crippen LogP contribution in [0.1, 0.15) is 26.0 Å². The molecule has 5 nitrogen and oxygen atoms in total. The third-order valence-corrected chi connectivity index (χ3v) is 5.50. The Morgan fingerprint density at radius 3 is 2.76 bits per heavy atom. The van der Waals surface area contributed by atoms with Crippen molar-refractivity contribution >= 4 is 16.6 Å². The molecule has 1 fully saturated rings. The number of aryl methyl sites for hydroxylation is 1. The topological polar surface area (TPSA) is 51.0 Å². The molecule has 152 valence electrons. The normalized spacial score (nSPS) is 17.9. The number of benzene rings is 1. The second kappa shape index (κ2) is 7.67. The quantitative estimate of drug-likeness (QED) is 0.638. The van der Waals surface area contributed by atoms with Gasteiger partial charge in [-0.1, -0.05) is 12.1 Å². The molecule has 2 aromatic heterocycles. The number of hydrogen-bond acceptors (Lipinski definition) is 4. The Morgan fingerprint density at radius 1 is 1.21 bits per heavy atom. The zero-order valence-electron chi connectivity index (χ0n) is 17.2. The number of Topliss-reactive ketones (excluding diaryl/α,β-unsaturated/α-hetero) is 1. The molecule has 29 heavy (non-hydrogen) atoms. The molecule has 6 heteroatoms. The average Bonchev–Trinajstić information content (AvgIpc) is 3.29. The largest absolute Gasteiger partial charge is 0.299 e. The number of fused-ring (bicyclic) bond motifs is 1. The minimum absolute atomic E-state index is 0.0309. The van der Waals surface area contributed by atoms with Gasteiger partial charge in [0, 0.05) is 61.5 Å². The van der Waals surface area contributed by atoms with Crippen LogP contribution in [0.5, 0.6) is 0 Å². The minimum atomic E-state index is -1.23. The van der Waals surface area contributed by atoms with Gasteiger partial charge in [-0.3, -0.25) is 19.4 Å². The lowest BCUT2D eigenvalue weighted by atomic mass is 9.98. The predicted molar refractivity (Wildman–Crippen MR) is 112 cm³/mol. The lowest BCUT2D eigenvalue weighted by Crippen LogP contribution is -2.35. The number of ketones is 1. The first-order valence-electron chi connectivity index (χ1n) is 10.1. The van der Waals surface area contributed by atoms with Crippen molar-refractivity contribution in [3.63, 3.8) is 0 Å². The van der Waals surface area contributed by atoms with Gasteiger partial charge < -0.3 is 0 Å². The van der Waals surface area contributed by atoms with Crippen LogP contribution in [0, 0.1) is 5.92 Å². The molecule has 0 aliphatic carbocycles. The number of alkyl halides is 1. The van der Waals surface area contributed by atoms with Crippen LogP contribution < -0.4 is 0 Å². The molecule has 0 saturated carbocycles. The van der Waals surface area contributed by atoms with E-state index in [-0.39, 0.29) is 11.7 Å². The number of nitrogens with zero attached hydrogens (tertiary/aromatic N) is 4. The molecule has 0 amide bonds. The van der Waals surface area contributed by atoms with E-state index in [0.717, 1.165) is 40.6 Å². The molecule has 0 bridgehead atoms. The fourth-order valence-electron chi connectivity index (χ4n) is 4.13. The van der Waals surface area contributed by atoms with Crippen LogP contribution in [-0.4, -0.2) is 50.8 Å². The van der Waals surface area contributed by atoms with Crippen molar-refractivity contribution in [2.75, 3.05) is 19.6 Å². The summed E-state index contributed by atoms with van der Waals surface area (Å²) in [4.78, 5) is 19.3. The molecule has 1 unspecified atom stereocenters. The standard InChI is InChI=1S/C23H27FN4O/c1-23(2,24)15-28-7-6-18(14-28)22(29)10-21-9-19-8-16(4-5-17(19)11-25-21)20-12-26-27(3)13-20/h4-5,8-9,11-13,18H,6-7,10,14-15H2,1-3H3. The number of likely N-dealkylation sites (tertiary alicyclic amines) is 1. The number of aromatic nitrogens is 3. The first-order valence-corrected chi connectivity index (χ1v) is 10.1. The fraction of sp³-hybridized carbons (Fsp3) is 0.435. The van der Waals surface area contributed by atoms with Crippen LogP contribution in [0.3, 0.4) is 0 Å². The maximum atomic E-state index is 13.9. The molecule has 1 aromatic carbocycles. The lowest BCUT2D eigenvalue weighted by Gasteiger charge is -2.22. The van der Waals surface area contributed by atoms with Gasteiger partial charge in [0.25, 0.3) is 0 Å². The van der Waals surface area contributed by atoms with Crippen molar-refractivity contribution < 1.29 is 9.18 Å². The van der Waals surface area contributed by atoms with E-state index in [2.05, 4.69) is 27.1 Å². The highest BCUT2D eigenvalue weighted by Crippen LogP contribution is 2.25. The Balaban J connectivity index is 1.47. The summed E-state index contributed by atoms with van der Waals surface area (Å²) >= 11 is 0. The predicted octanol–water partition coefficient (Wildman–Crippen LogP) is 3.82. The van der Waals surface area contributed by atoms with Crippen molar-refractivity contribution in [3.05, 3.63) is 48.5 Å². The number of carbonyl (C=O) groups is 1. The highest BCUT2D eigenvalue weighted by molar-refractivity contribution is 5.88. The number of hydrogen-bond donors (Lipinski definition) is 0. The maximum Gasteiger partial charge on any atom is 0.143 e. The van der Waals surface area contributed by atoms with E-state index in [1.54, 1.807) is 18.5 Å². The molecule has 4 rings (SSSR count). The Bertz CT molecular complexity index is 1040. The molecule has 0 spiro atoms. The molecule has 3 aromatic rings. The smallest absolute Gasteiger partial charge is 0.143 e. The summed E-state index contributed by atoms with van der Waals surface area (Å²) in [5, 5.41) is 6.35. The number of rotatable bonds is 6. The van der Waals surface area contributed by atoms with Crippen LogP contribution in [0.15, 0.2) is 42.9 Å². The second-order valence-electron chi connectivity index (χ2n) is 8.72. The van der Waals surface area contributed by atoms with Gasteiger partial charge in [-0.25, -0.2) is 4.39 Å². The van der Waals surface area contributed by atoms with E-state index >= 15 is 0 Å². The molecule has 0 N–H and O–H groups in total. The molecule has 1 aliphatic heterocycles. The summed E-state index contributed by atoms with van der Waals surface area (Å²) in [5.41, 5.74) is 1.71. The van der Waals surface area contributed by atoms with E-state index in [9.17, 15) is 9.18 Å². The number of pyridine rings is 1. The molecular weight excluding hydrogens is 367 g/mol. The third kappa shape index (κ3) is 4.70. The average molecular weight is 394 g/mol. The van der Waals surface area contributed by atoms with Crippen LogP contribution in [0.4, 0.5) is 4.39 Å². The van der Waals surface area contributed by atoms with Crippen LogP contribution >= 0.6 is 0 Å². The third-order valence-electron chi connectivity index (χ3n) is 5.50. The Kier molecular flexibility index (Phi) is 5.21. The summed E-state index contributed by atoms with van der Waals surface area (Å²) < 4.78 is 15.7. The molecular formula is C23H27FN4O. The maximum absolute atomic E-state index is 13.9. The van der Waals surface area contributed by atoms with Gasteiger partial charge in [-0.05, 0) is 49.9 Å². The van der Waals surface area contributed by atoms with Gasteiger partial charge in [-0.15, -0.1) is 0 Å². The fourth-order valence-corrected chi connectivity index (χ4v) is 4.13. The van der Waals surface area contributed by atoms with Crippen molar-refractivity contribution in [1.29, 1.82) is 0 Å². The summed E-state index contributed by atoms with van der Waals surface area (Å²) in [6, 6.07) is 8.22. The molecule has 3 heterocycles. The molecule has 1 saturated heterocycles. The van der Waals surface area contributed by atoms with Crippen molar-refractivity contribution in [2.45, 2.75) is 32.4 Å². The highest BCUT2D eigenvalue weighted by Gasteiger charge is 2.31. The SMILES string of the molecule is Cn1cc(-c2ccc3cnc(CC(=O)C4CCN(CC(C)(C)F)C4)cc3c2)cn1. The number of halogens is 1. The Labute approximate surface area is 170 Å². The van der Waals surface area contributed by atoms with E-state index in [4.69, 9.17) is 0 Å². The van der Waals surface area contributed by atoms with Crippen molar-refractivity contribution in [1.82, 2.24) is 19.7 Å². The summed E-state index contributed by atoms with van der Waals surface area (Å²) in [6.45, 7) is 4.97. The van der Waals surface area contributed by atoms with Gasteiger partial charge in [0.1, 0.15) is 11.5 Å². The summed E-state index contributed by atoms with van der Waals surface area (Å²) in [7, 11) is 1.90. The van der Waals surface area contributed by atoms with Gasteiger partial charge in [-0.2, -0.15) is 5.10 Å². The molecule has 1 aliphatic rings. The molecule has 0 radical (unpaired) electrons. The van der Waals surface area contributed by atoms with Gasteiger partial charge >= 0.3 is 0 Å². The van der Waals surface area contributed by atoms with Crippen molar-refractivity contribution in [3.8, 4) is 11.1 Å². The van der Waals surface area contributed by atoms with E-state index < -0.39 is 5.67 Å². The van der Waals surface area contributed by atoms with E-state index in [1.807, 2.05) is 37.8 Å². The zero-order valence-corrected chi connectivity index (χ0v) is 17.2. The zero-order chi connectivity index (χ0) is 20.6. The summed E-state index contributed by atoms with van der Waals surface area (Å²) in [6.07, 6.45) is 6.78. The highest BCUT2D eigenvalue weighted by atomic mass is 19.1. The van der Waals surface area contributed by atoms with Crippen LogP contribution in [0.25, 0.3) is 21.9 Å². The second-order valence-corrected chi connectivity index (χ2v) is 8.72. The Hall–Kier alpha value is -2.60. The van der Waals surface area contributed by atoms with E-state index in [1.165, 1.54) is 0 Å². The van der Waals surface area contributed by atoms with Crippen molar-refractivity contribution in [2.24, 2.45) is 13.0 Å². The summed E-state index contributed by atoms with van der Waals surface area (Å²) in [5.74, 6) is 0.163.